The molecule has 0 amide bonds. The van der Waals surface area contributed by atoms with Crippen LogP contribution in [0.5, 0.6) is 0 Å². The van der Waals surface area contributed by atoms with Crippen LogP contribution < -0.4 is 0 Å². The zero-order valence-electron chi connectivity index (χ0n) is 10.9. The Bertz CT molecular complexity index is 596. The first kappa shape index (κ1) is 13.5. The summed E-state index contributed by atoms with van der Waals surface area (Å²) < 4.78 is 2.13. The molecule has 0 unspecified atom stereocenters. The van der Waals surface area contributed by atoms with E-state index in [1.54, 1.807) is 17.4 Å². The Labute approximate surface area is 116 Å². The molecule has 2 rings (SSSR count). The number of hydrogen-bond donors (Lipinski definition) is 1. The maximum Gasteiger partial charge on any atom is 0.328 e. The van der Waals surface area contributed by atoms with E-state index in [1.807, 2.05) is 24.5 Å². The van der Waals surface area contributed by atoms with E-state index in [4.69, 9.17) is 5.11 Å². The van der Waals surface area contributed by atoms with E-state index < -0.39 is 5.97 Å². The highest BCUT2D eigenvalue weighted by Gasteiger charge is 2.08. The van der Waals surface area contributed by atoms with Gasteiger partial charge in [-0.05, 0) is 18.2 Å². The molecule has 2 heterocycles. The zero-order valence-corrected chi connectivity index (χ0v) is 11.7. The minimum absolute atomic E-state index is 0.390. The third-order valence-electron chi connectivity index (χ3n) is 2.66. The average Bonchev–Trinajstić information content (AvgIpc) is 2.96. The quantitative estimate of drug-likeness (QED) is 0.853. The number of carboxylic acids is 1. The smallest absolute Gasteiger partial charge is 0.328 e. The van der Waals surface area contributed by atoms with Crippen molar-refractivity contribution in [3.63, 3.8) is 0 Å². The number of nitrogens with zero attached hydrogens (tertiary/aromatic N) is 2. The van der Waals surface area contributed by atoms with Crippen molar-refractivity contribution in [2.45, 2.75) is 26.3 Å². The molecule has 0 radical (unpaired) electrons. The first-order valence-corrected chi connectivity index (χ1v) is 6.88. The fourth-order valence-corrected chi connectivity index (χ4v) is 2.76. The largest absolute Gasteiger partial charge is 0.478 e. The van der Waals surface area contributed by atoms with Crippen LogP contribution in [0, 0.1) is 0 Å². The second-order valence-corrected chi connectivity index (χ2v) is 5.74. The van der Waals surface area contributed by atoms with E-state index in [-0.39, 0.29) is 0 Å². The summed E-state index contributed by atoms with van der Waals surface area (Å²) in [6.07, 6.45) is 6.57. The summed E-state index contributed by atoms with van der Waals surface area (Å²) in [7, 11) is 0. The fraction of sp³-hybridized carbons (Fsp3) is 0.286. The van der Waals surface area contributed by atoms with E-state index >= 15 is 0 Å². The summed E-state index contributed by atoms with van der Waals surface area (Å²) in [5.41, 5.74) is 0. The van der Waals surface area contributed by atoms with Crippen LogP contribution in [0.4, 0.5) is 0 Å². The van der Waals surface area contributed by atoms with Gasteiger partial charge in [0.25, 0.3) is 0 Å². The standard InChI is InChI=1S/C14H16N2O2S/c1-10(2)14-15-7-8-16(14)9-12-4-3-11(19-12)5-6-13(17)18/h3-8,10H,9H2,1-2H3,(H,17,18). The van der Waals surface area contributed by atoms with Gasteiger partial charge in [-0.1, -0.05) is 13.8 Å². The predicted molar refractivity (Wildman–Crippen MR) is 76.4 cm³/mol. The van der Waals surface area contributed by atoms with Gasteiger partial charge in [-0.2, -0.15) is 0 Å². The molecule has 0 aromatic carbocycles. The summed E-state index contributed by atoms with van der Waals surface area (Å²) in [5.74, 6) is 0.532. The van der Waals surface area contributed by atoms with Crippen LogP contribution in [0.2, 0.25) is 0 Å². The van der Waals surface area contributed by atoms with Crippen LogP contribution in [-0.2, 0) is 11.3 Å². The molecule has 0 bridgehead atoms. The van der Waals surface area contributed by atoms with E-state index in [1.165, 1.54) is 4.88 Å². The van der Waals surface area contributed by atoms with Crippen molar-refractivity contribution in [3.05, 3.63) is 46.2 Å². The maximum absolute atomic E-state index is 10.5. The summed E-state index contributed by atoms with van der Waals surface area (Å²) in [6, 6.07) is 3.96. The van der Waals surface area contributed by atoms with Gasteiger partial charge in [0.1, 0.15) is 5.82 Å². The second kappa shape index (κ2) is 5.84. The SMILES string of the molecule is CC(C)c1nccn1Cc1ccc(C=CC(=O)O)s1. The van der Waals surface area contributed by atoms with Gasteiger partial charge in [-0.15, -0.1) is 11.3 Å². The van der Waals surface area contributed by atoms with Gasteiger partial charge in [0.15, 0.2) is 0 Å². The van der Waals surface area contributed by atoms with Crippen LogP contribution >= 0.6 is 11.3 Å². The van der Waals surface area contributed by atoms with E-state index in [2.05, 4.69) is 23.4 Å². The Kier molecular flexibility index (Phi) is 4.16. The monoisotopic (exact) mass is 276 g/mol. The molecule has 0 saturated heterocycles. The Balaban J connectivity index is 2.11. The highest BCUT2D eigenvalue weighted by molar-refractivity contribution is 7.12. The molecular formula is C14H16N2O2S. The van der Waals surface area contributed by atoms with Crippen molar-refractivity contribution in [2.24, 2.45) is 0 Å². The lowest BCUT2D eigenvalue weighted by atomic mass is 10.2. The lowest BCUT2D eigenvalue weighted by Crippen LogP contribution is -2.04. The van der Waals surface area contributed by atoms with Gasteiger partial charge in [0.2, 0.25) is 0 Å². The highest BCUT2D eigenvalue weighted by atomic mass is 32.1. The first-order valence-electron chi connectivity index (χ1n) is 6.07. The van der Waals surface area contributed by atoms with Gasteiger partial charge in [0.05, 0.1) is 6.54 Å². The van der Waals surface area contributed by atoms with E-state index in [9.17, 15) is 4.79 Å². The average molecular weight is 276 g/mol. The van der Waals surface area contributed by atoms with Crippen molar-refractivity contribution >= 4 is 23.4 Å². The normalized spacial score (nSPS) is 11.5. The van der Waals surface area contributed by atoms with Crippen molar-refractivity contribution in [2.75, 3.05) is 0 Å². The highest BCUT2D eigenvalue weighted by Crippen LogP contribution is 2.21. The van der Waals surface area contributed by atoms with Gasteiger partial charge in [-0.25, -0.2) is 9.78 Å². The van der Waals surface area contributed by atoms with Gasteiger partial charge >= 0.3 is 5.97 Å². The molecule has 0 aliphatic rings. The van der Waals surface area contributed by atoms with Gasteiger partial charge in [0, 0.05) is 34.1 Å². The number of thiophene rings is 1. The molecule has 100 valence electrons. The van der Waals surface area contributed by atoms with Crippen molar-refractivity contribution < 1.29 is 9.90 Å². The maximum atomic E-state index is 10.5. The van der Waals surface area contributed by atoms with Crippen LogP contribution in [0.1, 0.15) is 35.3 Å². The molecule has 0 fully saturated rings. The summed E-state index contributed by atoms with van der Waals surface area (Å²) in [6.45, 7) is 5.02. The Morgan fingerprint density at radius 1 is 1.53 bits per heavy atom. The second-order valence-electron chi connectivity index (χ2n) is 4.54. The summed E-state index contributed by atoms with van der Waals surface area (Å²) in [4.78, 5) is 16.9. The van der Waals surface area contributed by atoms with Crippen LogP contribution in [-0.4, -0.2) is 20.6 Å². The number of carboxylic acid groups (broad SMARTS) is 1. The Morgan fingerprint density at radius 3 is 3.00 bits per heavy atom. The Morgan fingerprint density at radius 2 is 2.32 bits per heavy atom. The summed E-state index contributed by atoms with van der Waals surface area (Å²) >= 11 is 1.59. The third kappa shape index (κ3) is 3.54. The van der Waals surface area contributed by atoms with E-state index in [0.717, 1.165) is 23.3 Å². The van der Waals surface area contributed by atoms with Crippen LogP contribution in [0.25, 0.3) is 6.08 Å². The van der Waals surface area contributed by atoms with Crippen molar-refractivity contribution in [3.8, 4) is 0 Å². The van der Waals surface area contributed by atoms with Gasteiger partial charge < -0.3 is 9.67 Å². The Hall–Kier alpha value is -1.88. The molecule has 0 aliphatic heterocycles. The number of hydrogen-bond acceptors (Lipinski definition) is 3. The molecule has 19 heavy (non-hydrogen) atoms. The molecule has 0 spiro atoms. The molecule has 0 atom stereocenters. The number of carbonyl (C=O) groups is 1. The van der Waals surface area contributed by atoms with Gasteiger partial charge in [-0.3, -0.25) is 0 Å². The molecule has 2 aromatic rings. The lowest BCUT2D eigenvalue weighted by molar-refractivity contribution is -0.131. The fourth-order valence-electron chi connectivity index (χ4n) is 1.85. The zero-order chi connectivity index (χ0) is 13.8. The van der Waals surface area contributed by atoms with Crippen molar-refractivity contribution in [1.82, 2.24) is 9.55 Å². The predicted octanol–water partition coefficient (Wildman–Crippen LogP) is 3.21. The molecule has 0 aliphatic carbocycles. The minimum Gasteiger partial charge on any atom is -0.478 e. The molecule has 2 aromatic heterocycles. The lowest BCUT2D eigenvalue weighted by Gasteiger charge is -2.08. The van der Waals surface area contributed by atoms with Crippen molar-refractivity contribution in [1.29, 1.82) is 0 Å². The first-order chi connectivity index (χ1) is 9.06. The third-order valence-corrected chi connectivity index (χ3v) is 3.70. The molecular weight excluding hydrogens is 260 g/mol. The van der Waals surface area contributed by atoms with E-state index in [0.29, 0.717) is 5.92 Å². The number of aromatic nitrogens is 2. The summed E-state index contributed by atoms with van der Waals surface area (Å²) in [5, 5.41) is 8.59. The number of aliphatic carboxylic acids is 1. The molecule has 1 N–H and O–H groups in total. The molecule has 5 heteroatoms. The minimum atomic E-state index is -0.924. The topological polar surface area (TPSA) is 55.1 Å². The number of imidazole rings is 1. The van der Waals surface area contributed by atoms with Crippen LogP contribution in [0.3, 0.4) is 0 Å². The molecule has 0 saturated carbocycles. The van der Waals surface area contributed by atoms with Crippen LogP contribution in [0.15, 0.2) is 30.6 Å². The molecule has 4 nitrogen and oxygen atoms in total. The number of rotatable bonds is 5.